The van der Waals surface area contributed by atoms with E-state index < -0.39 is 0 Å². The molecule has 0 bridgehead atoms. The number of nitrogens with zero attached hydrogens (tertiary/aromatic N) is 3. The Morgan fingerprint density at radius 1 is 1.00 bits per heavy atom. The Hall–Kier alpha value is -2.56. The van der Waals surface area contributed by atoms with Crippen LogP contribution in [0, 0.1) is 0 Å². The van der Waals surface area contributed by atoms with Crippen molar-refractivity contribution in [2.24, 2.45) is 0 Å². The van der Waals surface area contributed by atoms with Crippen molar-refractivity contribution in [1.29, 1.82) is 0 Å². The standard InChI is InChI=1S/C25H28ClN3O/c1-3-28(4-2)15-8-16-29-23-14-13-20(26)17-22(23)27-25(29)18-30-24-12-7-10-19-9-5-6-11-21(19)24/h5-7,9-14,17H,3-4,8,15-16,18H2,1-2H3. The van der Waals surface area contributed by atoms with Gasteiger partial charge in [0.05, 0.1) is 11.0 Å². The zero-order chi connectivity index (χ0) is 20.9. The van der Waals surface area contributed by atoms with E-state index in [-0.39, 0.29) is 0 Å². The highest BCUT2D eigenvalue weighted by Crippen LogP contribution is 2.27. The molecule has 0 radical (unpaired) electrons. The first kappa shape index (κ1) is 20.7. The number of fused-ring (bicyclic) bond motifs is 2. The summed E-state index contributed by atoms with van der Waals surface area (Å²) in [6.45, 7) is 8.98. The number of hydrogen-bond donors (Lipinski definition) is 0. The first-order valence-electron chi connectivity index (χ1n) is 10.7. The topological polar surface area (TPSA) is 30.3 Å². The molecule has 4 rings (SSSR count). The van der Waals surface area contributed by atoms with Crippen molar-refractivity contribution in [2.45, 2.75) is 33.4 Å². The molecule has 0 aliphatic carbocycles. The lowest BCUT2D eigenvalue weighted by atomic mass is 10.1. The summed E-state index contributed by atoms with van der Waals surface area (Å²) >= 11 is 6.21. The van der Waals surface area contributed by atoms with E-state index >= 15 is 0 Å². The fraction of sp³-hybridized carbons (Fsp3) is 0.320. The van der Waals surface area contributed by atoms with E-state index in [1.54, 1.807) is 0 Å². The van der Waals surface area contributed by atoms with Crippen LogP contribution >= 0.6 is 11.6 Å². The van der Waals surface area contributed by atoms with Gasteiger partial charge in [0.2, 0.25) is 0 Å². The third-order valence-electron chi connectivity index (χ3n) is 5.65. The number of aromatic nitrogens is 2. The van der Waals surface area contributed by atoms with Crippen LogP contribution in [0.4, 0.5) is 0 Å². The first-order valence-corrected chi connectivity index (χ1v) is 11.0. The number of halogens is 1. The minimum absolute atomic E-state index is 0.422. The maximum atomic E-state index is 6.25. The summed E-state index contributed by atoms with van der Waals surface area (Å²) in [5, 5.41) is 3.00. The lowest BCUT2D eigenvalue weighted by Crippen LogP contribution is -2.25. The van der Waals surface area contributed by atoms with Gasteiger partial charge in [-0.1, -0.05) is 61.8 Å². The summed E-state index contributed by atoms with van der Waals surface area (Å²) in [7, 11) is 0. The Balaban J connectivity index is 1.59. The molecule has 1 aromatic heterocycles. The molecule has 5 heteroatoms. The number of hydrogen-bond acceptors (Lipinski definition) is 3. The summed E-state index contributed by atoms with van der Waals surface area (Å²) in [6.07, 6.45) is 1.07. The van der Waals surface area contributed by atoms with Gasteiger partial charge in [0.1, 0.15) is 18.2 Å². The van der Waals surface area contributed by atoms with Gasteiger partial charge in [0.15, 0.2) is 0 Å². The predicted molar refractivity (Wildman–Crippen MR) is 125 cm³/mol. The third-order valence-corrected chi connectivity index (χ3v) is 5.88. The average Bonchev–Trinajstić information content (AvgIpc) is 3.11. The van der Waals surface area contributed by atoms with E-state index in [9.17, 15) is 0 Å². The van der Waals surface area contributed by atoms with Crippen molar-refractivity contribution in [3.63, 3.8) is 0 Å². The van der Waals surface area contributed by atoms with Gasteiger partial charge in [-0.3, -0.25) is 0 Å². The molecule has 0 saturated carbocycles. The zero-order valence-corrected chi connectivity index (χ0v) is 18.4. The summed E-state index contributed by atoms with van der Waals surface area (Å²) < 4.78 is 8.53. The summed E-state index contributed by atoms with van der Waals surface area (Å²) in [5.41, 5.74) is 2.03. The number of benzene rings is 3. The van der Waals surface area contributed by atoms with Gasteiger partial charge in [-0.2, -0.15) is 0 Å². The smallest absolute Gasteiger partial charge is 0.148 e. The second-order valence-corrected chi connectivity index (χ2v) is 7.90. The van der Waals surface area contributed by atoms with Crippen molar-refractivity contribution < 1.29 is 4.74 Å². The van der Waals surface area contributed by atoms with Crippen LogP contribution in [0.1, 0.15) is 26.1 Å². The largest absolute Gasteiger partial charge is 0.485 e. The van der Waals surface area contributed by atoms with Crippen molar-refractivity contribution >= 4 is 33.4 Å². The van der Waals surface area contributed by atoms with Gasteiger partial charge in [-0.15, -0.1) is 0 Å². The maximum Gasteiger partial charge on any atom is 0.148 e. The lowest BCUT2D eigenvalue weighted by molar-refractivity contribution is 0.280. The molecule has 1 heterocycles. The third kappa shape index (κ3) is 4.45. The van der Waals surface area contributed by atoms with Crippen LogP contribution in [-0.2, 0) is 13.2 Å². The molecule has 0 atom stereocenters. The van der Waals surface area contributed by atoms with E-state index in [0.29, 0.717) is 11.6 Å². The molecule has 0 unspecified atom stereocenters. The number of imidazole rings is 1. The SMILES string of the molecule is CCN(CC)CCCn1c(COc2cccc3ccccc23)nc2cc(Cl)ccc21. The highest BCUT2D eigenvalue weighted by Gasteiger charge is 2.13. The molecule has 3 aromatic carbocycles. The molecule has 0 spiro atoms. The lowest BCUT2D eigenvalue weighted by Gasteiger charge is -2.18. The Labute approximate surface area is 183 Å². The van der Waals surface area contributed by atoms with Crippen LogP contribution in [0.15, 0.2) is 60.7 Å². The highest BCUT2D eigenvalue weighted by atomic mass is 35.5. The monoisotopic (exact) mass is 421 g/mol. The normalized spacial score (nSPS) is 11.6. The Bertz CT molecular complexity index is 1130. The molecule has 0 amide bonds. The molecule has 156 valence electrons. The first-order chi connectivity index (χ1) is 14.7. The molecule has 4 aromatic rings. The minimum Gasteiger partial charge on any atom is -0.485 e. The van der Waals surface area contributed by atoms with Gasteiger partial charge < -0.3 is 14.2 Å². The van der Waals surface area contributed by atoms with Crippen LogP contribution in [0.2, 0.25) is 5.02 Å². The summed E-state index contributed by atoms with van der Waals surface area (Å²) in [6, 6.07) is 20.4. The Morgan fingerprint density at radius 3 is 2.63 bits per heavy atom. The van der Waals surface area contributed by atoms with Crippen LogP contribution in [-0.4, -0.2) is 34.1 Å². The van der Waals surface area contributed by atoms with Gasteiger partial charge in [-0.05, 0) is 55.7 Å². The second-order valence-electron chi connectivity index (χ2n) is 7.46. The van der Waals surface area contributed by atoms with Crippen molar-refractivity contribution in [2.75, 3.05) is 19.6 Å². The van der Waals surface area contributed by atoms with Crippen LogP contribution in [0.5, 0.6) is 5.75 Å². The number of aryl methyl sites for hydroxylation is 1. The van der Waals surface area contributed by atoms with Gasteiger partial charge in [-0.25, -0.2) is 4.98 Å². The second kappa shape index (κ2) is 9.50. The van der Waals surface area contributed by atoms with Crippen molar-refractivity contribution in [1.82, 2.24) is 14.5 Å². The summed E-state index contributed by atoms with van der Waals surface area (Å²) in [5.74, 6) is 1.81. The molecule has 0 aliphatic heterocycles. The average molecular weight is 422 g/mol. The fourth-order valence-electron chi connectivity index (χ4n) is 3.97. The van der Waals surface area contributed by atoms with Gasteiger partial charge in [0, 0.05) is 17.0 Å². The molecular weight excluding hydrogens is 394 g/mol. The Morgan fingerprint density at radius 2 is 1.80 bits per heavy atom. The minimum atomic E-state index is 0.422. The van der Waals surface area contributed by atoms with Crippen molar-refractivity contribution in [3.05, 3.63) is 71.5 Å². The molecule has 0 N–H and O–H groups in total. The van der Waals surface area contributed by atoms with Gasteiger partial charge in [0.25, 0.3) is 0 Å². The van der Waals surface area contributed by atoms with Crippen molar-refractivity contribution in [3.8, 4) is 5.75 Å². The van der Waals surface area contributed by atoms with E-state index in [0.717, 1.165) is 60.6 Å². The zero-order valence-electron chi connectivity index (χ0n) is 17.6. The quantitative estimate of drug-likeness (QED) is 0.324. The number of ether oxygens (including phenoxy) is 1. The van der Waals surface area contributed by atoms with Crippen LogP contribution in [0.3, 0.4) is 0 Å². The van der Waals surface area contributed by atoms with E-state index in [1.807, 2.05) is 36.4 Å². The Kier molecular flexibility index (Phi) is 6.56. The van der Waals surface area contributed by atoms with E-state index in [4.69, 9.17) is 21.3 Å². The molecule has 0 aliphatic rings. The predicted octanol–water partition coefficient (Wildman–Crippen LogP) is 6.15. The van der Waals surface area contributed by atoms with Crippen LogP contribution < -0.4 is 4.74 Å². The van der Waals surface area contributed by atoms with Crippen LogP contribution in [0.25, 0.3) is 21.8 Å². The summed E-state index contributed by atoms with van der Waals surface area (Å²) in [4.78, 5) is 7.29. The molecule has 30 heavy (non-hydrogen) atoms. The molecule has 0 saturated heterocycles. The fourth-order valence-corrected chi connectivity index (χ4v) is 4.13. The van der Waals surface area contributed by atoms with E-state index in [2.05, 4.69) is 47.6 Å². The highest BCUT2D eigenvalue weighted by molar-refractivity contribution is 6.31. The number of rotatable bonds is 9. The molecule has 4 nitrogen and oxygen atoms in total. The van der Waals surface area contributed by atoms with Gasteiger partial charge >= 0.3 is 0 Å². The maximum absolute atomic E-state index is 6.25. The molecular formula is C25H28ClN3O. The van der Waals surface area contributed by atoms with E-state index in [1.165, 1.54) is 5.39 Å². The molecule has 0 fully saturated rings.